The van der Waals surface area contributed by atoms with Crippen LogP contribution in [0.1, 0.15) is 106 Å². The van der Waals surface area contributed by atoms with Crippen LogP contribution in [-0.2, 0) is 0 Å². The van der Waals surface area contributed by atoms with E-state index in [1.165, 1.54) is 38.5 Å². The number of hydrogen-bond acceptors (Lipinski definition) is 7. The first kappa shape index (κ1) is 47.6. The Hall–Kier alpha value is -7.90. The highest BCUT2D eigenvalue weighted by molar-refractivity contribution is 6.10. The van der Waals surface area contributed by atoms with Gasteiger partial charge >= 0.3 is 0 Å². The number of nitrogens with zero attached hydrogens (tertiary/aromatic N) is 4. The Morgan fingerprint density at radius 1 is 0.545 bits per heavy atom. The van der Waals surface area contributed by atoms with Crippen molar-refractivity contribution in [2.24, 2.45) is 16.7 Å². The Balaban J connectivity index is 0.000000211. The molecule has 2 aliphatic rings. The van der Waals surface area contributed by atoms with E-state index in [1.807, 2.05) is 166 Å². The van der Waals surface area contributed by atoms with Crippen LogP contribution in [0, 0.1) is 11.3 Å². The lowest BCUT2D eigenvalue weighted by atomic mass is 10.1. The number of hydrazone groups is 1. The van der Waals surface area contributed by atoms with Gasteiger partial charge in [0.2, 0.25) is 0 Å². The third kappa shape index (κ3) is 13.6. The van der Waals surface area contributed by atoms with Crippen molar-refractivity contribution in [2.75, 3.05) is 46.6 Å². The summed E-state index contributed by atoms with van der Waals surface area (Å²) in [6.07, 6.45) is 15.3. The maximum absolute atomic E-state index is 13.1. The Kier molecular flexibility index (Phi) is 17.9. The van der Waals surface area contributed by atoms with E-state index in [1.54, 1.807) is 6.07 Å². The second-order valence-corrected chi connectivity index (χ2v) is 15.8. The molecule has 6 N–H and O–H groups in total. The van der Waals surface area contributed by atoms with E-state index >= 15 is 0 Å². The molecule has 2 saturated heterocycles. The molecule has 0 atom stereocenters. The number of nitriles is 1. The number of rotatable bonds is 11. The number of hydrogen-bond donors (Lipinski definition) is 4. The van der Waals surface area contributed by atoms with E-state index < -0.39 is 0 Å². The van der Waals surface area contributed by atoms with Gasteiger partial charge in [0.25, 0.3) is 11.8 Å². The maximum atomic E-state index is 13.1. The van der Waals surface area contributed by atoms with Crippen LogP contribution in [0.2, 0.25) is 0 Å². The minimum atomic E-state index is -0.209. The molecule has 8 rings (SSSR count). The molecule has 66 heavy (non-hydrogen) atoms. The highest BCUT2D eigenvalue weighted by Gasteiger charge is 2.17. The molecule has 0 spiro atoms. The number of nitrogens with one attached hydrogen (secondary N) is 2. The van der Waals surface area contributed by atoms with Crippen molar-refractivity contribution in [1.29, 1.82) is 5.26 Å². The van der Waals surface area contributed by atoms with E-state index in [-0.39, 0.29) is 17.6 Å². The number of amides is 2. The zero-order chi connectivity index (χ0) is 46.5. The summed E-state index contributed by atoms with van der Waals surface area (Å²) in [6, 6.07) is 48.7. The fourth-order valence-corrected chi connectivity index (χ4v) is 7.82. The van der Waals surface area contributed by atoms with Crippen molar-refractivity contribution in [3.05, 3.63) is 190 Å². The molecular weight excluding hydrogens is 817 g/mol. The van der Waals surface area contributed by atoms with Crippen molar-refractivity contribution in [3.8, 4) is 6.07 Å². The summed E-state index contributed by atoms with van der Waals surface area (Å²) in [4.78, 5) is 30.8. The third-order valence-corrected chi connectivity index (χ3v) is 11.3. The van der Waals surface area contributed by atoms with Crippen LogP contribution >= 0.6 is 0 Å². The summed E-state index contributed by atoms with van der Waals surface area (Å²) in [7, 11) is 0. The van der Waals surface area contributed by atoms with Gasteiger partial charge in [-0.25, -0.2) is 0 Å². The minimum absolute atomic E-state index is 0.158. The van der Waals surface area contributed by atoms with E-state index in [0.717, 1.165) is 59.8 Å². The fraction of sp³-hybridized carbons (Fsp3) is 0.214. The van der Waals surface area contributed by atoms with Gasteiger partial charge in [0.05, 0.1) is 16.9 Å². The van der Waals surface area contributed by atoms with E-state index in [4.69, 9.17) is 11.6 Å². The summed E-state index contributed by atoms with van der Waals surface area (Å²) in [5, 5.41) is 19.0. The number of piperidine rings is 2. The summed E-state index contributed by atoms with van der Waals surface area (Å²) in [5.41, 5.74) is 15.5. The Bertz CT molecular complexity index is 2660. The smallest absolute Gasteiger partial charge is 0.255 e. The number of amidine groups is 1. The molecule has 0 unspecified atom stereocenters. The number of anilines is 4. The van der Waals surface area contributed by atoms with Gasteiger partial charge in [0, 0.05) is 54.2 Å². The molecule has 0 saturated carbocycles. The predicted molar refractivity (Wildman–Crippen MR) is 276 cm³/mol. The number of carbonyl (C=O) groups excluding carboxylic acids is 2. The topological polar surface area (TPSA) is 153 Å². The van der Waals surface area contributed by atoms with Crippen molar-refractivity contribution in [2.45, 2.75) is 52.4 Å². The van der Waals surface area contributed by atoms with Gasteiger partial charge in [-0.2, -0.15) is 10.4 Å². The number of carbonyl (C=O) groups is 2. The van der Waals surface area contributed by atoms with Crippen molar-refractivity contribution >= 4 is 64.7 Å². The molecule has 336 valence electrons. The predicted octanol–water partition coefficient (Wildman–Crippen LogP) is 11.7. The summed E-state index contributed by atoms with van der Waals surface area (Å²) in [6.45, 7) is 8.10. The van der Waals surface area contributed by atoms with Crippen LogP contribution in [0.5, 0.6) is 0 Å². The monoisotopic (exact) mass is 876 g/mol. The van der Waals surface area contributed by atoms with Crippen molar-refractivity contribution in [1.82, 2.24) is 0 Å². The highest BCUT2D eigenvalue weighted by Crippen LogP contribution is 2.26. The number of benzene rings is 6. The molecule has 2 heterocycles. The zero-order valence-corrected chi connectivity index (χ0v) is 38.0. The molecule has 0 radical (unpaired) electrons. The second kappa shape index (κ2) is 24.8. The molecule has 0 bridgehead atoms. The van der Waals surface area contributed by atoms with Gasteiger partial charge in [-0.1, -0.05) is 123 Å². The second-order valence-electron chi connectivity index (χ2n) is 15.8. The molecule has 10 heteroatoms. The Morgan fingerprint density at radius 2 is 0.985 bits per heavy atom. The van der Waals surface area contributed by atoms with Crippen LogP contribution in [0.3, 0.4) is 0 Å². The maximum Gasteiger partial charge on any atom is 0.255 e. The summed E-state index contributed by atoms with van der Waals surface area (Å²) < 4.78 is 0. The van der Waals surface area contributed by atoms with E-state index in [2.05, 4.69) is 43.7 Å². The van der Waals surface area contributed by atoms with Crippen LogP contribution < -0.4 is 32.0 Å². The number of nitrogens with two attached hydrogens (primary N) is 2. The first-order valence-corrected chi connectivity index (χ1v) is 22.9. The van der Waals surface area contributed by atoms with Gasteiger partial charge in [0.1, 0.15) is 6.07 Å². The summed E-state index contributed by atoms with van der Waals surface area (Å²) >= 11 is 0. The van der Waals surface area contributed by atoms with Gasteiger partial charge in [-0.15, -0.1) is 0 Å². The molecule has 6 aromatic carbocycles. The molecular formula is C56H60N8O2. The largest absolute Gasteiger partial charge is 0.382 e. The van der Waals surface area contributed by atoms with Gasteiger partial charge < -0.3 is 32.0 Å². The molecule has 10 nitrogen and oxygen atoms in total. The van der Waals surface area contributed by atoms with Gasteiger partial charge in [-0.05, 0) is 121 Å². The summed E-state index contributed by atoms with van der Waals surface area (Å²) in [5.74, 6) is 5.17. The first-order valence-electron chi connectivity index (χ1n) is 22.9. The van der Waals surface area contributed by atoms with Crippen LogP contribution in [0.4, 0.5) is 22.7 Å². The average molecular weight is 877 g/mol. The lowest BCUT2D eigenvalue weighted by Crippen LogP contribution is -2.29. The molecule has 2 fully saturated rings. The SMILES string of the molecule is CC.N#Cc1ccc(/C=C/c2ccccc2)cc1NC(=O)c1cccc(N2CCCCC2)c1.N/N=C(\N)c1ccc(/C=C/c2ccccc2)cc1NC(=O)c1cccc(N2CCCCC2)c1. The zero-order valence-electron chi connectivity index (χ0n) is 38.0. The van der Waals surface area contributed by atoms with Gasteiger partial charge in [-0.3, -0.25) is 9.59 Å². The van der Waals surface area contributed by atoms with E-state index in [0.29, 0.717) is 33.6 Å². The van der Waals surface area contributed by atoms with Crippen LogP contribution in [0.15, 0.2) is 151 Å². The van der Waals surface area contributed by atoms with Crippen molar-refractivity contribution < 1.29 is 9.59 Å². The first-order chi connectivity index (χ1) is 32.4. The average Bonchev–Trinajstić information content (AvgIpc) is 3.39. The lowest BCUT2D eigenvalue weighted by Gasteiger charge is -2.29. The molecule has 2 amide bonds. The van der Waals surface area contributed by atoms with Gasteiger partial charge in [0.15, 0.2) is 5.84 Å². The quantitative estimate of drug-likeness (QED) is 0.0332. The van der Waals surface area contributed by atoms with Crippen LogP contribution in [0.25, 0.3) is 24.3 Å². The highest BCUT2D eigenvalue weighted by atomic mass is 16.2. The normalized spacial score (nSPS) is 13.7. The molecule has 0 aliphatic carbocycles. The molecule has 0 aromatic heterocycles. The molecule has 2 aliphatic heterocycles. The lowest BCUT2D eigenvalue weighted by molar-refractivity contribution is 0.101. The van der Waals surface area contributed by atoms with Crippen molar-refractivity contribution in [3.63, 3.8) is 0 Å². The Labute approximate surface area is 390 Å². The minimum Gasteiger partial charge on any atom is -0.382 e. The fourth-order valence-electron chi connectivity index (χ4n) is 7.82. The molecule has 6 aromatic rings. The third-order valence-electron chi connectivity index (χ3n) is 11.3. The Morgan fingerprint density at radius 3 is 1.45 bits per heavy atom. The van der Waals surface area contributed by atoms with Crippen LogP contribution in [-0.4, -0.2) is 43.8 Å². The standard InChI is InChI=1S/C27H29N5O.C27H25N3O.C2H6/c28-26(31-29)24-15-14-21(13-12-20-8-3-1-4-9-20)18-25(24)30-27(33)22-10-7-11-23(19-22)32-16-5-2-6-17-32;28-20-24-15-14-22(13-12-21-8-3-1-4-9-21)18-26(24)29-27(31)23-10-7-11-25(19-23)30-16-5-2-6-17-30;1-2/h1,3-4,7-15,18-19H,2,5-6,16-17,29H2,(H2,28,31)(H,30,33);1,3-4,7-15,18-19H,2,5-6,16-17H2,(H,29,31);1-2H3/b2*13-12+;. The van der Waals surface area contributed by atoms with E-state index in [9.17, 15) is 14.9 Å².